The van der Waals surface area contributed by atoms with E-state index >= 15 is 0 Å². The number of benzene rings is 1. The number of amides is 1. The summed E-state index contributed by atoms with van der Waals surface area (Å²) in [6.07, 6.45) is 5.53. The highest BCUT2D eigenvalue weighted by Crippen LogP contribution is 2.26. The maximum atomic E-state index is 12.5. The van der Waals surface area contributed by atoms with Crippen LogP contribution in [0.2, 0.25) is 0 Å². The molecule has 1 aromatic carbocycles. The van der Waals surface area contributed by atoms with E-state index in [9.17, 15) is 14.4 Å². The van der Waals surface area contributed by atoms with Crippen LogP contribution in [0, 0.1) is 5.92 Å². The van der Waals surface area contributed by atoms with E-state index in [0.29, 0.717) is 23.0 Å². The Kier molecular flexibility index (Phi) is 5.06. The largest absolute Gasteiger partial charge is 0.349 e. The molecule has 3 rings (SSSR count). The fourth-order valence-electron chi connectivity index (χ4n) is 3.67. The van der Waals surface area contributed by atoms with Crippen LogP contribution in [-0.2, 0) is 6.54 Å². The molecule has 0 saturated heterocycles. The smallest absolute Gasteiger partial charge is 0.328 e. The maximum absolute atomic E-state index is 12.5. The molecule has 1 aliphatic carbocycles. The highest BCUT2D eigenvalue weighted by molar-refractivity contribution is 5.97. The van der Waals surface area contributed by atoms with Crippen molar-refractivity contribution in [1.29, 1.82) is 0 Å². The summed E-state index contributed by atoms with van der Waals surface area (Å²) < 4.78 is 1.15. The topological polar surface area (TPSA) is 84.0 Å². The zero-order valence-corrected chi connectivity index (χ0v) is 14.8. The first-order chi connectivity index (χ1) is 12.0. The molecule has 1 aromatic heterocycles. The minimum atomic E-state index is -0.449. The molecule has 2 aromatic rings. The van der Waals surface area contributed by atoms with Crippen LogP contribution in [0.15, 0.2) is 27.8 Å². The number of nitrogens with zero attached hydrogens (tertiary/aromatic N) is 1. The second-order valence-corrected chi connectivity index (χ2v) is 6.84. The minimum Gasteiger partial charge on any atom is -0.349 e. The van der Waals surface area contributed by atoms with Crippen LogP contribution in [0.1, 0.15) is 56.3 Å². The fraction of sp³-hybridized carbons (Fsp3) is 0.526. The number of nitrogens with one attached hydrogen (secondary N) is 2. The van der Waals surface area contributed by atoms with Gasteiger partial charge in [0.1, 0.15) is 0 Å². The van der Waals surface area contributed by atoms with E-state index in [0.717, 1.165) is 36.2 Å². The van der Waals surface area contributed by atoms with E-state index in [1.54, 1.807) is 25.1 Å². The molecule has 1 aliphatic rings. The molecule has 1 heterocycles. The van der Waals surface area contributed by atoms with Crippen molar-refractivity contribution >= 4 is 16.8 Å². The zero-order chi connectivity index (χ0) is 18.0. The zero-order valence-electron chi connectivity index (χ0n) is 14.8. The third-order valence-corrected chi connectivity index (χ3v) is 5.32. The van der Waals surface area contributed by atoms with Gasteiger partial charge in [0, 0.05) is 18.2 Å². The lowest BCUT2D eigenvalue weighted by molar-refractivity contribution is 0.0921. The van der Waals surface area contributed by atoms with E-state index in [1.165, 1.54) is 6.42 Å². The first-order valence-corrected chi connectivity index (χ1v) is 9.11. The van der Waals surface area contributed by atoms with Crippen molar-refractivity contribution < 1.29 is 4.79 Å². The normalized spacial score (nSPS) is 20.6. The van der Waals surface area contributed by atoms with Crippen molar-refractivity contribution in [3.63, 3.8) is 0 Å². The highest BCUT2D eigenvalue weighted by atomic mass is 16.2. The molecular formula is C19H25N3O3. The molecule has 1 saturated carbocycles. The molecule has 0 bridgehead atoms. The second-order valence-electron chi connectivity index (χ2n) is 6.84. The number of hydrogen-bond acceptors (Lipinski definition) is 3. The third kappa shape index (κ3) is 3.52. The summed E-state index contributed by atoms with van der Waals surface area (Å²) in [4.78, 5) is 39.4. The van der Waals surface area contributed by atoms with Crippen molar-refractivity contribution in [1.82, 2.24) is 14.9 Å². The molecule has 1 fully saturated rings. The Hall–Kier alpha value is -2.37. The highest BCUT2D eigenvalue weighted by Gasteiger charge is 2.22. The number of rotatable bonds is 4. The molecule has 1 amide bonds. The van der Waals surface area contributed by atoms with Crippen LogP contribution in [-0.4, -0.2) is 21.5 Å². The lowest BCUT2D eigenvalue weighted by Crippen LogP contribution is -2.38. The average Bonchev–Trinajstić information content (AvgIpc) is 2.62. The molecule has 2 N–H and O–H groups in total. The number of carbonyl (C=O) groups excluding carboxylic acids is 1. The Balaban J connectivity index is 1.81. The van der Waals surface area contributed by atoms with E-state index in [1.807, 2.05) is 0 Å². The van der Waals surface area contributed by atoms with Gasteiger partial charge < -0.3 is 10.3 Å². The van der Waals surface area contributed by atoms with Crippen LogP contribution < -0.4 is 16.6 Å². The Morgan fingerprint density at radius 2 is 1.92 bits per heavy atom. The molecule has 0 aliphatic heterocycles. The monoisotopic (exact) mass is 343 g/mol. The lowest BCUT2D eigenvalue weighted by Gasteiger charge is -2.28. The number of hydrogen-bond donors (Lipinski definition) is 2. The standard InChI is InChI=1S/C19H25N3O3/c1-3-12-5-8-14(9-6-12)20-17(23)13-7-10-15-16(11-13)21-19(25)22(4-2)18(15)24/h7,10-12,14H,3-6,8-9H2,1-2H3,(H,20,23)(H,21,25). The first-order valence-electron chi connectivity index (χ1n) is 9.11. The summed E-state index contributed by atoms with van der Waals surface area (Å²) >= 11 is 0. The number of aromatic amines is 1. The summed E-state index contributed by atoms with van der Waals surface area (Å²) in [5, 5.41) is 3.50. The SMILES string of the molecule is CCC1CCC(NC(=O)c2ccc3c(=O)n(CC)c(=O)[nH]c3c2)CC1. The van der Waals surface area contributed by atoms with E-state index in [2.05, 4.69) is 17.2 Å². The van der Waals surface area contributed by atoms with Gasteiger partial charge in [-0.25, -0.2) is 4.79 Å². The van der Waals surface area contributed by atoms with Gasteiger partial charge in [-0.1, -0.05) is 13.3 Å². The predicted octanol–water partition coefficient (Wildman–Crippen LogP) is 2.41. The molecule has 134 valence electrons. The summed E-state index contributed by atoms with van der Waals surface area (Å²) in [6, 6.07) is 5.06. The molecule has 6 nitrogen and oxygen atoms in total. The van der Waals surface area contributed by atoms with Crippen LogP contribution in [0.3, 0.4) is 0 Å². The Morgan fingerprint density at radius 3 is 2.56 bits per heavy atom. The number of H-pyrrole nitrogens is 1. The van der Waals surface area contributed by atoms with Crippen LogP contribution in [0.25, 0.3) is 10.9 Å². The van der Waals surface area contributed by atoms with E-state index in [4.69, 9.17) is 0 Å². The summed E-state index contributed by atoms with van der Waals surface area (Å²) in [5.74, 6) is 0.627. The van der Waals surface area contributed by atoms with Gasteiger partial charge in [0.15, 0.2) is 0 Å². The van der Waals surface area contributed by atoms with Gasteiger partial charge in [-0.15, -0.1) is 0 Å². The summed E-state index contributed by atoms with van der Waals surface area (Å²) in [6.45, 7) is 4.27. The molecule has 0 radical (unpaired) electrons. The Bertz CT molecular complexity index is 889. The molecule has 25 heavy (non-hydrogen) atoms. The van der Waals surface area contributed by atoms with Gasteiger partial charge in [-0.2, -0.15) is 0 Å². The fourth-order valence-corrected chi connectivity index (χ4v) is 3.67. The van der Waals surface area contributed by atoms with Crippen LogP contribution in [0.5, 0.6) is 0 Å². The van der Waals surface area contributed by atoms with Crippen molar-refractivity contribution in [2.45, 2.75) is 58.5 Å². The average molecular weight is 343 g/mol. The van der Waals surface area contributed by atoms with Crippen molar-refractivity contribution in [2.24, 2.45) is 5.92 Å². The predicted molar refractivity (Wildman–Crippen MR) is 98.0 cm³/mol. The third-order valence-electron chi connectivity index (χ3n) is 5.32. The molecule has 6 heteroatoms. The summed E-state index contributed by atoms with van der Waals surface area (Å²) in [5.41, 5.74) is 0.0954. The quantitative estimate of drug-likeness (QED) is 0.894. The van der Waals surface area contributed by atoms with Gasteiger partial charge in [-0.05, 0) is 56.7 Å². The van der Waals surface area contributed by atoms with E-state index in [-0.39, 0.29) is 17.5 Å². The van der Waals surface area contributed by atoms with Crippen molar-refractivity contribution in [2.75, 3.05) is 0 Å². The first kappa shape index (κ1) is 17.5. The Labute approximate surface area is 146 Å². The van der Waals surface area contributed by atoms with Crippen molar-refractivity contribution in [3.8, 4) is 0 Å². The molecule has 0 atom stereocenters. The van der Waals surface area contributed by atoms with Crippen LogP contribution >= 0.6 is 0 Å². The Morgan fingerprint density at radius 1 is 1.20 bits per heavy atom. The minimum absolute atomic E-state index is 0.151. The summed E-state index contributed by atoms with van der Waals surface area (Å²) in [7, 11) is 0. The van der Waals surface area contributed by atoms with Crippen LogP contribution in [0.4, 0.5) is 0 Å². The van der Waals surface area contributed by atoms with E-state index < -0.39 is 5.69 Å². The number of aromatic nitrogens is 2. The van der Waals surface area contributed by atoms with Gasteiger partial charge >= 0.3 is 5.69 Å². The maximum Gasteiger partial charge on any atom is 0.328 e. The van der Waals surface area contributed by atoms with Crippen molar-refractivity contribution in [3.05, 3.63) is 44.6 Å². The molecule has 0 unspecified atom stereocenters. The lowest BCUT2D eigenvalue weighted by atomic mass is 9.84. The molecule has 0 spiro atoms. The number of carbonyl (C=O) groups is 1. The van der Waals surface area contributed by atoms with Gasteiger partial charge in [0.05, 0.1) is 10.9 Å². The van der Waals surface area contributed by atoms with Gasteiger partial charge in [0.25, 0.3) is 11.5 Å². The van der Waals surface area contributed by atoms with Gasteiger partial charge in [-0.3, -0.25) is 14.2 Å². The van der Waals surface area contributed by atoms with Gasteiger partial charge in [0.2, 0.25) is 0 Å². The second kappa shape index (κ2) is 7.25. The molecular weight excluding hydrogens is 318 g/mol. The number of fused-ring (bicyclic) bond motifs is 1.